The van der Waals surface area contributed by atoms with E-state index in [9.17, 15) is 0 Å². The molecular formula is C135H108BN5. The Hall–Kier alpha value is -16.5. The second-order valence-corrected chi connectivity index (χ2v) is 42.2. The molecule has 3 aromatic heterocycles. The second-order valence-electron chi connectivity index (χ2n) is 42.2. The fourth-order valence-corrected chi connectivity index (χ4v) is 22.8. The largest absolute Gasteiger partial charge is 0.310 e. The van der Waals surface area contributed by atoms with Gasteiger partial charge in [-0.2, -0.15) is 0 Å². The van der Waals surface area contributed by atoms with Crippen molar-refractivity contribution in [2.45, 2.75) is 98.3 Å². The summed E-state index contributed by atoms with van der Waals surface area (Å²) in [5.74, 6) is 0.311. The van der Waals surface area contributed by atoms with Gasteiger partial charge in [-0.3, -0.25) is 0 Å². The van der Waals surface area contributed by atoms with E-state index in [0.717, 1.165) is 184 Å². The average Bonchev–Trinajstić information content (AvgIpc) is 0.883. The molecule has 0 saturated carbocycles. The summed E-state index contributed by atoms with van der Waals surface area (Å²) in [5, 5.41) is 7.30. The highest BCUT2D eigenvalue weighted by molar-refractivity contribution is 7.00. The summed E-state index contributed by atoms with van der Waals surface area (Å²) in [6.45, 7) is 25.4. The van der Waals surface area contributed by atoms with Crippen LogP contribution in [0.4, 0.5) is 34.1 Å². The van der Waals surface area contributed by atoms with E-state index in [4.69, 9.17) is 0 Å². The Labute approximate surface area is 826 Å². The Morgan fingerprint density at radius 2 is 0.496 bits per heavy atom. The summed E-state index contributed by atoms with van der Waals surface area (Å²) in [6.07, 6.45) is 0. The van der Waals surface area contributed by atoms with Gasteiger partial charge in [-0.25, -0.2) is 0 Å². The minimum Gasteiger partial charge on any atom is -0.310 e. The highest BCUT2D eigenvalue weighted by Crippen LogP contribution is 2.57. The van der Waals surface area contributed by atoms with Gasteiger partial charge in [0.2, 0.25) is 0 Å². The van der Waals surface area contributed by atoms with Gasteiger partial charge in [-0.05, 0) is 278 Å². The van der Waals surface area contributed by atoms with Crippen molar-refractivity contribution in [1.82, 2.24) is 13.7 Å². The Kier molecular flexibility index (Phi) is 20.6. The van der Waals surface area contributed by atoms with Crippen molar-refractivity contribution in [1.29, 1.82) is 0 Å². The number of hydrogen-bond donors (Lipinski definition) is 0. The van der Waals surface area contributed by atoms with Crippen LogP contribution < -0.4 is 26.2 Å². The average molecular weight is 1810 g/mol. The van der Waals surface area contributed by atoms with Gasteiger partial charge in [0.05, 0.1) is 44.5 Å². The van der Waals surface area contributed by atoms with Gasteiger partial charge in [0.1, 0.15) is 0 Å². The number of nitrogens with zero attached hydrogens (tertiary/aromatic N) is 5. The van der Waals surface area contributed by atoms with Crippen LogP contribution in [0, 0.1) is 0 Å². The number of rotatable bonds is 15. The zero-order chi connectivity index (χ0) is 95.4. The van der Waals surface area contributed by atoms with Crippen molar-refractivity contribution >= 4 is 123 Å². The number of para-hydroxylation sites is 4. The molecule has 141 heavy (non-hydrogen) atoms. The fraction of sp³-hybridized carbons (Fsp3) is 0.111. The van der Waals surface area contributed by atoms with Crippen molar-refractivity contribution in [3.63, 3.8) is 0 Å². The van der Waals surface area contributed by atoms with Gasteiger partial charge in [-0.15, -0.1) is 0 Å². The lowest BCUT2D eigenvalue weighted by Gasteiger charge is -2.46. The summed E-state index contributed by atoms with van der Waals surface area (Å²) >= 11 is 0. The van der Waals surface area contributed by atoms with E-state index in [0.29, 0.717) is 5.92 Å². The summed E-state index contributed by atoms with van der Waals surface area (Å²) in [4.78, 5) is 5.53. The van der Waals surface area contributed by atoms with Gasteiger partial charge < -0.3 is 23.5 Å². The predicted octanol–water partition coefficient (Wildman–Crippen LogP) is 35.1. The second kappa shape index (κ2) is 33.7. The van der Waals surface area contributed by atoms with Crippen LogP contribution in [0.25, 0.3) is 183 Å². The lowest BCUT2D eigenvalue weighted by atomic mass is 9.33. The Morgan fingerprint density at radius 3 is 0.872 bits per heavy atom. The van der Waals surface area contributed by atoms with Crippen LogP contribution in [-0.2, 0) is 16.2 Å². The third-order valence-electron chi connectivity index (χ3n) is 30.0. The van der Waals surface area contributed by atoms with Gasteiger partial charge in [0.25, 0.3) is 6.71 Å². The monoisotopic (exact) mass is 1810 g/mol. The Bertz CT molecular complexity index is 8430. The smallest absolute Gasteiger partial charge is 0.252 e. The summed E-state index contributed by atoms with van der Waals surface area (Å²) in [6, 6.07) is 172. The van der Waals surface area contributed by atoms with Crippen molar-refractivity contribution in [2.24, 2.45) is 0 Å². The first kappa shape index (κ1) is 86.1. The molecule has 6 heteroatoms. The third kappa shape index (κ3) is 14.7. The molecular weight excluding hydrogens is 1700 g/mol. The van der Waals surface area contributed by atoms with E-state index in [1.165, 1.54) is 71.0 Å². The summed E-state index contributed by atoms with van der Waals surface area (Å²) in [5.41, 5.74) is 45.0. The topological polar surface area (TPSA) is 21.3 Å². The maximum atomic E-state index is 2.77. The van der Waals surface area contributed by atoms with Gasteiger partial charge in [0, 0.05) is 94.4 Å². The maximum Gasteiger partial charge on any atom is 0.252 e. The zero-order valence-corrected chi connectivity index (χ0v) is 81.6. The molecule has 0 N–H and O–H groups in total. The molecule has 5 nitrogen and oxygen atoms in total. The standard InChI is InChI=1S/C135H108BN5/c1-86(2)91-59-68-122-114(77-91)115-81-102(133(3,4)5)61-70-123(115)138(122)106-64-66-118-126(84-106)140(131-108(97-47-29-43-92(73-97)87-35-17-12-18-36-87)54-33-55-109(131)98-48-30-44-93(74-98)88-37-19-13-20-38-88)128-79-101(96-60-69-121-113(78-96)112-53-27-28-58-120(112)137(121)105-51-25-16-26-52-105)80-129-130(128)136(118)119-67-65-107(139-124-71-62-103(134(6,7)8)82-116(124)117-83-104(135(9,10)11)63-72-125(117)139)85-127(119)141(129)132-110(99-49-31-45-94(75-99)89-39-21-14-22-40-89)56-34-57-111(132)100-50-32-46-95(76-100)90-41-23-15-24-42-90/h12-86H,1-11H3. The van der Waals surface area contributed by atoms with Crippen molar-refractivity contribution in [3.05, 3.63) is 471 Å². The first-order chi connectivity index (χ1) is 68.6. The quantitative estimate of drug-likeness (QED) is 0.0954. The highest BCUT2D eigenvalue weighted by Gasteiger charge is 2.47. The number of benzene rings is 20. The maximum absolute atomic E-state index is 2.77. The molecule has 25 rings (SSSR count). The van der Waals surface area contributed by atoms with E-state index in [1.807, 2.05) is 0 Å². The lowest BCUT2D eigenvalue weighted by molar-refractivity contribution is 0.590. The van der Waals surface area contributed by atoms with Gasteiger partial charge in [0.15, 0.2) is 0 Å². The van der Waals surface area contributed by atoms with Crippen LogP contribution in [-0.4, -0.2) is 20.4 Å². The lowest BCUT2D eigenvalue weighted by Crippen LogP contribution is -2.61. The number of fused-ring (bicyclic) bond motifs is 13. The molecule has 20 aromatic carbocycles. The van der Waals surface area contributed by atoms with Crippen LogP contribution in [0.5, 0.6) is 0 Å². The van der Waals surface area contributed by atoms with E-state index >= 15 is 0 Å². The summed E-state index contributed by atoms with van der Waals surface area (Å²) < 4.78 is 7.62. The summed E-state index contributed by atoms with van der Waals surface area (Å²) in [7, 11) is 0. The molecule has 0 aliphatic carbocycles. The van der Waals surface area contributed by atoms with Crippen molar-refractivity contribution in [2.75, 3.05) is 9.80 Å². The highest BCUT2D eigenvalue weighted by atomic mass is 15.2. The molecule has 676 valence electrons. The first-order valence-electron chi connectivity index (χ1n) is 49.9. The van der Waals surface area contributed by atoms with E-state index in [2.05, 4.69) is 549 Å². The Balaban J connectivity index is 0.869. The predicted molar refractivity (Wildman–Crippen MR) is 603 cm³/mol. The molecule has 23 aromatic rings. The Morgan fingerprint density at radius 1 is 0.199 bits per heavy atom. The van der Waals surface area contributed by atoms with Crippen molar-refractivity contribution in [3.8, 4) is 117 Å². The molecule has 0 bridgehead atoms. The van der Waals surface area contributed by atoms with E-state index in [-0.39, 0.29) is 16.2 Å². The van der Waals surface area contributed by atoms with Crippen LogP contribution in [0.2, 0.25) is 0 Å². The van der Waals surface area contributed by atoms with Crippen LogP contribution >= 0.6 is 0 Å². The zero-order valence-electron chi connectivity index (χ0n) is 81.6. The molecule has 0 spiro atoms. The van der Waals surface area contributed by atoms with Crippen LogP contribution in [0.1, 0.15) is 104 Å². The number of hydrogen-bond acceptors (Lipinski definition) is 2. The normalized spacial score (nSPS) is 12.7. The SMILES string of the molecule is CC(C)c1ccc2c(c1)c1cc(C(C)(C)C)ccc1n2-c1ccc2c(c1)N(c1c(-c3cccc(-c4ccccc4)c3)cccc1-c1cccc(-c3ccccc3)c1)c1cc(-c3ccc4c(c3)c3ccccc3n4-c3ccccc3)cc3c1B2c1ccc(-n2c4ccc(C(C)(C)C)cc4c4cc(C(C)(C)C)ccc42)cc1N3c1c(-c2cccc(-c3ccccc3)c2)cccc1-c1cccc(-c2ccccc2)c1. The minimum atomic E-state index is -0.393. The van der Waals surface area contributed by atoms with Gasteiger partial charge in [-0.1, -0.05) is 386 Å². The number of anilines is 6. The molecule has 5 heterocycles. The van der Waals surface area contributed by atoms with Gasteiger partial charge >= 0.3 is 0 Å². The first-order valence-corrected chi connectivity index (χ1v) is 49.9. The molecule has 0 radical (unpaired) electrons. The molecule has 2 aliphatic heterocycles. The van der Waals surface area contributed by atoms with Crippen LogP contribution in [0.3, 0.4) is 0 Å². The fourth-order valence-electron chi connectivity index (χ4n) is 22.8. The molecule has 2 aliphatic rings. The molecule has 0 unspecified atom stereocenters. The number of aromatic nitrogens is 3. The molecule has 0 amide bonds. The third-order valence-corrected chi connectivity index (χ3v) is 30.0. The van der Waals surface area contributed by atoms with Crippen LogP contribution in [0.15, 0.2) is 449 Å². The molecule has 0 atom stereocenters. The van der Waals surface area contributed by atoms with E-state index in [1.54, 1.807) is 0 Å². The molecule has 0 fully saturated rings. The molecule has 0 saturated heterocycles. The van der Waals surface area contributed by atoms with E-state index < -0.39 is 6.71 Å². The minimum absolute atomic E-state index is 0.109. The van der Waals surface area contributed by atoms with Crippen molar-refractivity contribution < 1.29 is 0 Å².